The Bertz CT molecular complexity index is 259. The number of hydrogen-bond donors (Lipinski definition) is 1. The summed E-state index contributed by atoms with van der Waals surface area (Å²) in [4.78, 5) is 1.41. The van der Waals surface area contributed by atoms with Crippen molar-refractivity contribution in [1.29, 1.82) is 0 Å². The van der Waals surface area contributed by atoms with E-state index in [2.05, 4.69) is 43.6 Å². The maximum atomic E-state index is 5.58. The van der Waals surface area contributed by atoms with Crippen LogP contribution in [0.15, 0.2) is 17.5 Å². The Hall–Kier alpha value is -0.380. The van der Waals surface area contributed by atoms with E-state index in [1.807, 2.05) is 0 Å². The van der Waals surface area contributed by atoms with Crippen LogP contribution < -0.4 is 5.32 Å². The summed E-state index contributed by atoms with van der Waals surface area (Å²) >= 11 is 1.80. The third kappa shape index (κ3) is 5.64. The molecule has 1 atom stereocenters. The fraction of sp³-hybridized carbons (Fsp3) is 0.692. The smallest absolute Gasteiger partial charge is 0.0591 e. The highest BCUT2D eigenvalue weighted by molar-refractivity contribution is 7.09. The van der Waals surface area contributed by atoms with Crippen LogP contribution in [-0.4, -0.2) is 25.8 Å². The Morgan fingerprint density at radius 3 is 2.75 bits per heavy atom. The molecule has 0 aromatic carbocycles. The summed E-state index contributed by atoms with van der Waals surface area (Å²) < 4.78 is 5.58. The van der Waals surface area contributed by atoms with Gasteiger partial charge < -0.3 is 10.1 Å². The zero-order valence-corrected chi connectivity index (χ0v) is 11.3. The Balaban J connectivity index is 1.92. The van der Waals surface area contributed by atoms with E-state index in [-0.39, 0.29) is 0 Å². The van der Waals surface area contributed by atoms with Crippen molar-refractivity contribution in [2.24, 2.45) is 5.92 Å². The lowest BCUT2D eigenvalue weighted by atomic mass is 10.1. The third-order valence-electron chi connectivity index (χ3n) is 2.79. The van der Waals surface area contributed by atoms with E-state index in [0.29, 0.717) is 12.0 Å². The van der Waals surface area contributed by atoms with Gasteiger partial charge in [-0.2, -0.15) is 0 Å². The lowest BCUT2D eigenvalue weighted by Gasteiger charge is -2.17. The molecule has 1 aromatic heterocycles. The highest BCUT2D eigenvalue weighted by atomic mass is 32.1. The number of hydrogen-bond acceptors (Lipinski definition) is 3. The number of thiophene rings is 1. The van der Waals surface area contributed by atoms with Gasteiger partial charge in [-0.1, -0.05) is 19.9 Å². The van der Waals surface area contributed by atoms with Crippen LogP contribution in [0.4, 0.5) is 0 Å². The first-order valence-electron chi connectivity index (χ1n) is 6.03. The highest BCUT2D eigenvalue weighted by Gasteiger charge is 2.04. The summed E-state index contributed by atoms with van der Waals surface area (Å²) in [6.45, 7) is 9.27. The van der Waals surface area contributed by atoms with Crippen molar-refractivity contribution in [3.63, 3.8) is 0 Å². The second kappa shape index (κ2) is 7.82. The molecule has 16 heavy (non-hydrogen) atoms. The van der Waals surface area contributed by atoms with Crippen LogP contribution in [0.5, 0.6) is 0 Å². The molecule has 0 aliphatic heterocycles. The fourth-order valence-corrected chi connectivity index (χ4v) is 2.01. The molecule has 1 rings (SSSR count). The van der Waals surface area contributed by atoms with E-state index in [4.69, 9.17) is 4.74 Å². The van der Waals surface area contributed by atoms with Gasteiger partial charge in [-0.25, -0.2) is 0 Å². The molecule has 0 amide bonds. The van der Waals surface area contributed by atoms with E-state index < -0.39 is 0 Å². The molecule has 1 heterocycles. The Morgan fingerprint density at radius 1 is 1.31 bits per heavy atom. The van der Waals surface area contributed by atoms with E-state index in [1.165, 1.54) is 4.88 Å². The van der Waals surface area contributed by atoms with Crippen molar-refractivity contribution in [3.8, 4) is 0 Å². The van der Waals surface area contributed by atoms with E-state index in [9.17, 15) is 0 Å². The SMILES string of the molecule is CC(C)C(C)NCCOCCc1cccs1. The summed E-state index contributed by atoms with van der Waals surface area (Å²) in [5, 5.41) is 5.57. The second-order valence-electron chi connectivity index (χ2n) is 4.43. The van der Waals surface area contributed by atoms with Crippen LogP contribution in [0.3, 0.4) is 0 Å². The van der Waals surface area contributed by atoms with Gasteiger partial charge in [-0.05, 0) is 24.3 Å². The normalized spacial score (nSPS) is 13.2. The topological polar surface area (TPSA) is 21.3 Å². The van der Waals surface area contributed by atoms with Crippen LogP contribution >= 0.6 is 11.3 Å². The van der Waals surface area contributed by atoms with Gasteiger partial charge >= 0.3 is 0 Å². The van der Waals surface area contributed by atoms with Crippen molar-refractivity contribution in [1.82, 2.24) is 5.32 Å². The first-order valence-corrected chi connectivity index (χ1v) is 6.91. The molecule has 0 fully saturated rings. The van der Waals surface area contributed by atoms with Gasteiger partial charge in [0, 0.05) is 23.9 Å². The maximum Gasteiger partial charge on any atom is 0.0591 e. The lowest BCUT2D eigenvalue weighted by Crippen LogP contribution is -2.33. The molecule has 1 N–H and O–H groups in total. The maximum absolute atomic E-state index is 5.58. The minimum atomic E-state index is 0.570. The molecular formula is C13H23NOS. The van der Waals surface area contributed by atoms with Gasteiger partial charge in [0.2, 0.25) is 0 Å². The van der Waals surface area contributed by atoms with Gasteiger partial charge in [-0.3, -0.25) is 0 Å². The first-order chi connectivity index (χ1) is 7.70. The molecule has 0 radical (unpaired) electrons. The van der Waals surface area contributed by atoms with Crippen LogP contribution in [0.1, 0.15) is 25.6 Å². The quantitative estimate of drug-likeness (QED) is 0.707. The molecule has 0 aliphatic carbocycles. The first kappa shape index (κ1) is 13.7. The van der Waals surface area contributed by atoms with Gasteiger partial charge in [0.1, 0.15) is 0 Å². The summed E-state index contributed by atoms with van der Waals surface area (Å²) in [6, 6.07) is 4.82. The summed E-state index contributed by atoms with van der Waals surface area (Å²) in [5.41, 5.74) is 0. The van der Waals surface area contributed by atoms with Crippen molar-refractivity contribution in [2.75, 3.05) is 19.8 Å². The van der Waals surface area contributed by atoms with Crippen LogP contribution in [0.25, 0.3) is 0 Å². The number of rotatable bonds is 8. The molecule has 0 saturated heterocycles. The van der Waals surface area contributed by atoms with Gasteiger partial charge in [0.05, 0.1) is 13.2 Å². The molecule has 2 nitrogen and oxygen atoms in total. The summed E-state index contributed by atoms with van der Waals surface area (Å²) in [5.74, 6) is 0.686. The Kier molecular flexibility index (Phi) is 6.69. The lowest BCUT2D eigenvalue weighted by molar-refractivity contribution is 0.136. The molecule has 0 spiro atoms. The zero-order chi connectivity index (χ0) is 11.8. The monoisotopic (exact) mass is 241 g/mol. The molecule has 0 aliphatic rings. The van der Waals surface area contributed by atoms with E-state index in [1.54, 1.807) is 11.3 Å². The Morgan fingerprint density at radius 2 is 2.12 bits per heavy atom. The van der Waals surface area contributed by atoms with E-state index in [0.717, 1.165) is 26.2 Å². The third-order valence-corrected chi connectivity index (χ3v) is 3.72. The summed E-state index contributed by atoms with van der Waals surface area (Å²) in [7, 11) is 0. The molecule has 0 bridgehead atoms. The number of nitrogens with one attached hydrogen (secondary N) is 1. The number of ether oxygens (including phenoxy) is 1. The predicted molar refractivity (Wildman–Crippen MR) is 71.1 cm³/mol. The largest absolute Gasteiger partial charge is 0.380 e. The van der Waals surface area contributed by atoms with Crippen molar-refractivity contribution in [2.45, 2.75) is 33.2 Å². The van der Waals surface area contributed by atoms with Crippen molar-refractivity contribution < 1.29 is 4.74 Å². The minimum Gasteiger partial charge on any atom is -0.380 e. The highest BCUT2D eigenvalue weighted by Crippen LogP contribution is 2.08. The van der Waals surface area contributed by atoms with Gasteiger partial charge in [-0.15, -0.1) is 11.3 Å². The van der Waals surface area contributed by atoms with Crippen molar-refractivity contribution >= 4 is 11.3 Å². The molecule has 3 heteroatoms. The second-order valence-corrected chi connectivity index (χ2v) is 5.46. The van der Waals surface area contributed by atoms with E-state index >= 15 is 0 Å². The average molecular weight is 241 g/mol. The van der Waals surface area contributed by atoms with Crippen LogP contribution in [0.2, 0.25) is 0 Å². The summed E-state index contributed by atoms with van der Waals surface area (Å²) in [6.07, 6.45) is 1.04. The Labute approximate surface area is 103 Å². The molecule has 1 unspecified atom stereocenters. The standard InChI is InChI=1S/C13H23NOS/c1-11(2)12(3)14-7-9-15-8-6-13-5-4-10-16-13/h4-5,10-12,14H,6-9H2,1-3H3. The van der Waals surface area contributed by atoms with Crippen LogP contribution in [-0.2, 0) is 11.2 Å². The minimum absolute atomic E-state index is 0.570. The van der Waals surface area contributed by atoms with Gasteiger partial charge in [0.25, 0.3) is 0 Å². The zero-order valence-electron chi connectivity index (χ0n) is 10.5. The molecule has 92 valence electrons. The van der Waals surface area contributed by atoms with Crippen LogP contribution in [0, 0.1) is 5.92 Å². The molecular weight excluding hydrogens is 218 g/mol. The molecule has 1 aromatic rings. The van der Waals surface area contributed by atoms with Gasteiger partial charge in [0.15, 0.2) is 0 Å². The van der Waals surface area contributed by atoms with Crippen molar-refractivity contribution in [3.05, 3.63) is 22.4 Å². The average Bonchev–Trinajstić information content (AvgIpc) is 2.75. The predicted octanol–water partition coefficient (Wildman–Crippen LogP) is 2.94. The fourth-order valence-electron chi connectivity index (χ4n) is 1.32. The molecule has 0 saturated carbocycles.